The lowest BCUT2D eigenvalue weighted by Crippen LogP contribution is -2.41. The molecule has 1 aromatic rings. The van der Waals surface area contributed by atoms with Crippen LogP contribution in [0.25, 0.3) is 0 Å². The van der Waals surface area contributed by atoms with Crippen LogP contribution in [0.3, 0.4) is 0 Å². The normalized spacial score (nSPS) is 13.1. The van der Waals surface area contributed by atoms with Crippen LogP contribution in [0, 0.1) is 0 Å². The Morgan fingerprint density at radius 2 is 0.786 bits per heavy atom. The third-order valence-corrected chi connectivity index (χ3v) is 9.89. The molecule has 0 aliphatic heterocycles. The number of unbranched alkanes of at least 4 members (excludes halogenated alkanes) is 25. The third kappa shape index (κ3) is 21.8. The molecule has 248 valence electrons. The second-order valence-electron chi connectivity index (χ2n) is 14.0. The molecule has 0 saturated carbocycles. The van der Waals surface area contributed by atoms with Gasteiger partial charge in [0.1, 0.15) is 12.4 Å². The number of hydrogen-bond donors (Lipinski definition) is 1. The van der Waals surface area contributed by atoms with E-state index in [9.17, 15) is 0 Å². The van der Waals surface area contributed by atoms with Crippen LogP contribution in [-0.2, 0) is 0 Å². The van der Waals surface area contributed by atoms with E-state index in [-0.39, 0.29) is 0 Å². The molecule has 2 nitrogen and oxygen atoms in total. The van der Waals surface area contributed by atoms with E-state index in [1.807, 2.05) is 0 Å². The number of rotatable bonds is 33. The maximum absolute atomic E-state index is 3.70. The summed E-state index contributed by atoms with van der Waals surface area (Å²) < 4.78 is 2.61. The Hall–Kier alpha value is -0.790. The van der Waals surface area contributed by atoms with Gasteiger partial charge in [-0.3, -0.25) is 0 Å². The van der Waals surface area contributed by atoms with Gasteiger partial charge < -0.3 is 0 Å². The van der Waals surface area contributed by atoms with Crippen LogP contribution < -0.4 is 4.57 Å². The van der Waals surface area contributed by atoms with Crippen molar-refractivity contribution in [2.45, 2.75) is 239 Å². The second kappa shape index (κ2) is 30.2. The maximum atomic E-state index is 3.70. The van der Waals surface area contributed by atoms with Crippen LogP contribution in [0.1, 0.15) is 245 Å². The van der Waals surface area contributed by atoms with Crippen molar-refractivity contribution in [3.05, 3.63) is 18.2 Å². The van der Waals surface area contributed by atoms with Crippen LogP contribution in [0.15, 0.2) is 12.4 Å². The van der Waals surface area contributed by atoms with Gasteiger partial charge in [-0.25, -0.2) is 9.55 Å². The van der Waals surface area contributed by atoms with Crippen LogP contribution in [0.5, 0.6) is 0 Å². The smallest absolute Gasteiger partial charge is 0.247 e. The van der Waals surface area contributed by atoms with Crippen LogP contribution in [0.4, 0.5) is 0 Å². The van der Waals surface area contributed by atoms with E-state index in [1.54, 1.807) is 0 Å². The van der Waals surface area contributed by atoms with Crippen molar-refractivity contribution in [3.8, 4) is 0 Å². The van der Waals surface area contributed by atoms with Gasteiger partial charge in [-0.1, -0.05) is 194 Å². The molecule has 0 spiro atoms. The van der Waals surface area contributed by atoms with E-state index >= 15 is 0 Å². The lowest BCUT2D eigenvalue weighted by atomic mass is 9.93. The van der Waals surface area contributed by atoms with Gasteiger partial charge in [-0.2, -0.15) is 0 Å². The number of aromatic nitrogens is 2. The molecule has 42 heavy (non-hydrogen) atoms. The number of imidazole rings is 1. The summed E-state index contributed by atoms with van der Waals surface area (Å²) in [5, 5.41) is 0. The van der Waals surface area contributed by atoms with Crippen molar-refractivity contribution in [1.82, 2.24) is 4.98 Å². The Morgan fingerprint density at radius 3 is 1.19 bits per heavy atom. The lowest BCUT2D eigenvalue weighted by molar-refractivity contribution is -0.727. The molecule has 2 atom stereocenters. The van der Waals surface area contributed by atoms with E-state index in [2.05, 4.69) is 49.6 Å². The molecule has 1 N–H and O–H groups in total. The summed E-state index contributed by atoms with van der Waals surface area (Å²) in [6, 6.07) is 0.620. The lowest BCUT2D eigenvalue weighted by Gasteiger charge is -2.17. The molecule has 0 aromatic carbocycles. The summed E-state index contributed by atoms with van der Waals surface area (Å²) in [5.74, 6) is 2.23. The molecule has 2 unspecified atom stereocenters. The van der Waals surface area contributed by atoms with E-state index in [4.69, 9.17) is 0 Å². The SMILES string of the molecule is CCCCCCCCCCCCCCCC(CCCC)c1[nH]cc[n+]1C(C)CCCCCCCCCCCCCCC. The molecule has 0 fully saturated rings. The van der Waals surface area contributed by atoms with Gasteiger partial charge in [-0.15, -0.1) is 0 Å². The fourth-order valence-electron chi connectivity index (χ4n) is 6.94. The molecule has 1 rings (SSSR count). The molecule has 0 bridgehead atoms. The second-order valence-corrected chi connectivity index (χ2v) is 14.0. The van der Waals surface area contributed by atoms with Crippen molar-refractivity contribution < 1.29 is 4.57 Å². The largest absolute Gasteiger partial charge is 0.257 e. The molecule has 1 aromatic heterocycles. The number of H-pyrrole nitrogens is 1. The average Bonchev–Trinajstić information content (AvgIpc) is 3.49. The molecular formula is C40H79N2+. The minimum absolute atomic E-state index is 0.620. The summed E-state index contributed by atoms with van der Waals surface area (Å²) in [4.78, 5) is 3.70. The average molecular weight is 588 g/mol. The minimum Gasteiger partial charge on any atom is -0.247 e. The van der Waals surface area contributed by atoms with E-state index in [0.717, 1.165) is 0 Å². The molecule has 0 radical (unpaired) electrons. The standard InChI is InChI=1S/C40H78N2/c1-5-8-11-13-15-17-19-21-23-25-27-29-31-33-38(4)42-37-36-41-40(42)39(34-10-7-3)35-32-30-28-26-24-22-20-18-16-14-12-9-6-2/h36-39H,5-35H2,1-4H3/p+1. The molecule has 2 heteroatoms. The van der Waals surface area contributed by atoms with Gasteiger partial charge in [0.05, 0.1) is 12.0 Å². The minimum atomic E-state index is 0.620. The van der Waals surface area contributed by atoms with E-state index in [1.165, 1.54) is 205 Å². The number of hydrogen-bond acceptors (Lipinski definition) is 0. The third-order valence-electron chi connectivity index (χ3n) is 9.89. The van der Waals surface area contributed by atoms with Crippen LogP contribution in [0.2, 0.25) is 0 Å². The zero-order valence-corrected chi connectivity index (χ0v) is 29.7. The van der Waals surface area contributed by atoms with Crippen molar-refractivity contribution in [1.29, 1.82) is 0 Å². The fourth-order valence-corrected chi connectivity index (χ4v) is 6.94. The summed E-state index contributed by atoms with van der Waals surface area (Å²) in [6.45, 7) is 9.43. The van der Waals surface area contributed by atoms with Crippen molar-refractivity contribution >= 4 is 0 Å². The molecule has 0 aliphatic rings. The molecule has 0 saturated heterocycles. The van der Waals surface area contributed by atoms with Gasteiger partial charge in [-0.05, 0) is 32.6 Å². The Kier molecular flexibility index (Phi) is 28.3. The zero-order valence-electron chi connectivity index (χ0n) is 29.7. The first-order valence-electron chi connectivity index (χ1n) is 19.8. The van der Waals surface area contributed by atoms with Gasteiger partial charge in [0.25, 0.3) is 5.82 Å². The number of aromatic amines is 1. The first kappa shape index (κ1) is 39.2. The summed E-state index contributed by atoms with van der Waals surface area (Å²) in [6.07, 6.45) is 48.7. The zero-order chi connectivity index (χ0) is 30.4. The maximum Gasteiger partial charge on any atom is 0.257 e. The van der Waals surface area contributed by atoms with Gasteiger partial charge in [0, 0.05) is 0 Å². The van der Waals surface area contributed by atoms with E-state index in [0.29, 0.717) is 12.0 Å². The highest BCUT2D eigenvalue weighted by Gasteiger charge is 2.25. The predicted octanol–water partition coefficient (Wildman–Crippen LogP) is 14.1. The van der Waals surface area contributed by atoms with Crippen LogP contribution >= 0.6 is 0 Å². The van der Waals surface area contributed by atoms with Gasteiger partial charge in [0.2, 0.25) is 0 Å². The first-order valence-corrected chi connectivity index (χ1v) is 19.8. The highest BCUT2D eigenvalue weighted by Crippen LogP contribution is 2.27. The fraction of sp³-hybridized carbons (Fsp3) is 0.925. The Morgan fingerprint density at radius 1 is 0.452 bits per heavy atom. The van der Waals surface area contributed by atoms with Gasteiger partial charge >= 0.3 is 0 Å². The molecular weight excluding hydrogens is 508 g/mol. The number of nitrogens with zero attached hydrogens (tertiary/aromatic N) is 1. The Bertz CT molecular complexity index is 650. The topological polar surface area (TPSA) is 19.7 Å². The first-order chi connectivity index (χ1) is 20.7. The highest BCUT2D eigenvalue weighted by molar-refractivity contribution is 4.90. The summed E-state index contributed by atoms with van der Waals surface area (Å²) >= 11 is 0. The highest BCUT2D eigenvalue weighted by atomic mass is 15.1. The van der Waals surface area contributed by atoms with Gasteiger partial charge in [0.15, 0.2) is 0 Å². The van der Waals surface area contributed by atoms with E-state index < -0.39 is 0 Å². The summed E-state index contributed by atoms with van der Waals surface area (Å²) in [5.41, 5.74) is 0. The van der Waals surface area contributed by atoms with Crippen molar-refractivity contribution in [2.75, 3.05) is 0 Å². The van der Waals surface area contributed by atoms with Crippen LogP contribution in [-0.4, -0.2) is 4.98 Å². The Labute approximate surface area is 266 Å². The predicted molar refractivity (Wildman–Crippen MR) is 189 cm³/mol. The summed E-state index contributed by atoms with van der Waals surface area (Å²) in [7, 11) is 0. The molecule has 0 aliphatic carbocycles. The Balaban J connectivity index is 2.18. The van der Waals surface area contributed by atoms with Crippen molar-refractivity contribution in [3.63, 3.8) is 0 Å². The number of nitrogens with one attached hydrogen (secondary N) is 1. The quantitative estimate of drug-likeness (QED) is 0.0623. The monoisotopic (exact) mass is 588 g/mol. The molecule has 0 amide bonds. The van der Waals surface area contributed by atoms with Crippen molar-refractivity contribution in [2.24, 2.45) is 0 Å². The molecule has 1 heterocycles.